The van der Waals surface area contributed by atoms with Gasteiger partial charge in [-0.1, -0.05) is 6.08 Å². The predicted molar refractivity (Wildman–Crippen MR) is 60.2 cm³/mol. The first-order valence-corrected chi connectivity index (χ1v) is 5.51. The Hall–Kier alpha value is -1.52. The summed E-state index contributed by atoms with van der Waals surface area (Å²) in [5.41, 5.74) is 0. The van der Waals surface area contributed by atoms with Gasteiger partial charge in [-0.3, -0.25) is 4.79 Å². The van der Waals surface area contributed by atoms with Gasteiger partial charge in [0.1, 0.15) is 6.54 Å². The van der Waals surface area contributed by atoms with E-state index >= 15 is 0 Å². The summed E-state index contributed by atoms with van der Waals surface area (Å²) in [5.74, 6) is -0.993. The van der Waals surface area contributed by atoms with Gasteiger partial charge in [-0.2, -0.15) is 0 Å². The molecule has 2 amide bonds. The van der Waals surface area contributed by atoms with Crippen LogP contribution in [0.1, 0.15) is 19.3 Å². The van der Waals surface area contributed by atoms with E-state index in [0.29, 0.717) is 0 Å². The number of hydrogen-bond donors (Lipinski definition) is 1. The summed E-state index contributed by atoms with van der Waals surface area (Å²) >= 11 is 0. The predicted octanol–water partition coefficient (Wildman–Crippen LogP) is 1.16. The number of carbonyl (C=O) groups is 2. The highest BCUT2D eigenvalue weighted by Gasteiger charge is 2.23. The molecule has 0 unspecified atom stereocenters. The quantitative estimate of drug-likeness (QED) is 0.732. The molecule has 0 aromatic carbocycles. The highest BCUT2D eigenvalue weighted by atomic mass is 16.4. The van der Waals surface area contributed by atoms with Crippen LogP contribution in [0.25, 0.3) is 0 Å². The van der Waals surface area contributed by atoms with E-state index < -0.39 is 5.97 Å². The fraction of sp³-hybridized carbons (Fsp3) is 0.636. The second kappa shape index (κ2) is 6.15. The summed E-state index contributed by atoms with van der Waals surface area (Å²) in [4.78, 5) is 25.6. The van der Waals surface area contributed by atoms with Crippen molar-refractivity contribution < 1.29 is 14.7 Å². The van der Waals surface area contributed by atoms with Crippen molar-refractivity contribution in [2.75, 3.05) is 26.2 Å². The van der Waals surface area contributed by atoms with Crippen molar-refractivity contribution in [1.82, 2.24) is 9.80 Å². The third-order valence-electron chi connectivity index (χ3n) is 2.57. The molecule has 5 heteroatoms. The number of piperidine rings is 1. The van der Waals surface area contributed by atoms with Crippen molar-refractivity contribution in [3.05, 3.63) is 12.7 Å². The van der Waals surface area contributed by atoms with E-state index in [1.165, 1.54) is 4.90 Å². The van der Waals surface area contributed by atoms with E-state index in [1.807, 2.05) is 0 Å². The molecule has 0 bridgehead atoms. The summed E-state index contributed by atoms with van der Waals surface area (Å²) in [6.45, 7) is 5.00. The van der Waals surface area contributed by atoms with Gasteiger partial charge < -0.3 is 14.9 Å². The van der Waals surface area contributed by atoms with Crippen molar-refractivity contribution in [3.8, 4) is 0 Å². The van der Waals surface area contributed by atoms with Crippen LogP contribution in [0.4, 0.5) is 4.79 Å². The van der Waals surface area contributed by atoms with Gasteiger partial charge in [0.15, 0.2) is 0 Å². The molecule has 0 aromatic rings. The molecule has 1 rings (SSSR count). The maximum absolute atomic E-state index is 12.0. The first-order chi connectivity index (χ1) is 7.65. The van der Waals surface area contributed by atoms with Crippen molar-refractivity contribution in [3.63, 3.8) is 0 Å². The Labute approximate surface area is 95.3 Å². The van der Waals surface area contributed by atoms with E-state index in [2.05, 4.69) is 6.58 Å². The van der Waals surface area contributed by atoms with Crippen LogP contribution in [0, 0.1) is 0 Å². The van der Waals surface area contributed by atoms with Crippen LogP contribution in [0.5, 0.6) is 0 Å². The Bertz CT molecular complexity index is 272. The molecule has 5 nitrogen and oxygen atoms in total. The molecule has 1 heterocycles. The molecule has 1 aliphatic rings. The first-order valence-electron chi connectivity index (χ1n) is 5.51. The normalized spacial score (nSPS) is 15.6. The van der Waals surface area contributed by atoms with E-state index in [-0.39, 0.29) is 19.1 Å². The average molecular weight is 226 g/mol. The van der Waals surface area contributed by atoms with Crippen LogP contribution in [-0.2, 0) is 4.79 Å². The smallest absolute Gasteiger partial charge is 0.323 e. The Kier molecular flexibility index (Phi) is 4.82. The molecule has 1 N–H and O–H groups in total. The highest BCUT2D eigenvalue weighted by molar-refractivity contribution is 5.80. The van der Waals surface area contributed by atoms with Crippen molar-refractivity contribution in [2.24, 2.45) is 0 Å². The van der Waals surface area contributed by atoms with Crippen LogP contribution in [0.3, 0.4) is 0 Å². The standard InChI is InChI=1S/C11H18N2O3/c1-2-6-13(9-10(14)15)11(16)12-7-4-3-5-8-12/h2H,1,3-9H2,(H,14,15). The molecule has 1 saturated heterocycles. The SMILES string of the molecule is C=CCN(CC(=O)O)C(=O)N1CCCCC1. The number of likely N-dealkylation sites (tertiary alicyclic amines) is 1. The van der Waals surface area contributed by atoms with Gasteiger partial charge in [0, 0.05) is 19.6 Å². The van der Waals surface area contributed by atoms with Gasteiger partial charge in [-0.05, 0) is 19.3 Å². The maximum atomic E-state index is 12.0. The number of carboxylic acids is 1. The fourth-order valence-corrected chi connectivity index (χ4v) is 1.81. The number of nitrogens with zero attached hydrogens (tertiary/aromatic N) is 2. The number of urea groups is 1. The van der Waals surface area contributed by atoms with Gasteiger partial charge in [-0.25, -0.2) is 4.79 Å². The van der Waals surface area contributed by atoms with Crippen molar-refractivity contribution in [1.29, 1.82) is 0 Å². The lowest BCUT2D eigenvalue weighted by Crippen LogP contribution is -2.47. The number of rotatable bonds is 4. The Morgan fingerprint density at radius 3 is 2.44 bits per heavy atom. The molecule has 0 aromatic heterocycles. The van der Waals surface area contributed by atoms with E-state index in [1.54, 1.807) is 11.0 Å². The Morgan fingerprint density at radius 2 is 1.94 bits per heavy atom. The van der Waals surface area contributed by atoms with E-state index in [9.17, 15) is 9.59 Å². The maximum Gasteiger partial charge on any atom is 0.323 e. The summed E-state index contributed by atoms with van der Waals surface area (Å²) in [6, 6.07) is -0.193. The topological polar surface area (TPSA) is 60.9 Å². The number of hydrogen-bond acceptors (Lipinski definition) is 2. The number of carboxylic acid groups (broad SMARTS) is 1. The molecule has 1 aliphatic heterocycles. The molecule has 16 heavy (non-hydrogen) atoms. The molecule has 0 atom stereocenters. The van der Waals surface area contributed by atoms with Gasteiger partial charge in [0.25, 0.3) is 0 Å². The minimum absolute atomic E-state index is 0.193. The van der Waals surface area contributed by atoms with Gasteiger partial charge in [0.05, 0.1) is 0 Å². The second-order valence-corrected chi connectivity index (χ2v) is 3.89. The molecule has 0 spiro atoms. The largest absolute Gasteiger partial charge is 0.480 e. The number of carbonyl (C=O) groups excluding carboxylic acids is 1. The van der Waals surface area contributed by atoms with E-state index in [0.717, 1.165) is 32.4 Å². The van der Waals surface area contributed by atoms with E-state index in [4.69, 9.17) is 5.11 Å². The van der Waals surface area contributed by atoms with Crippen molar-refractivity contribution in [2.45, 2.75) is 19.3 Å². The monoisotopic (exact) mass is 226 g/mol. The minimum Gasteiger partial charge on any atom is -0.480 e. The lowest BCUT2D eigenvalue weighted by molar-refractivity contribution is -0.137. The second-order valence-electron chi connectivity index (χ2n) is 3.89. The summed E-state index contributed by atoms with van der Waals surface area (Å²) < 4.78 is 0. The number of aliphatic carboxylic acids is 1. The molecule has 1 fully saturated rings. The molecule has 0 saturated carbocycles. The summed E-state index contributed by atoms with van der Waals surface area (Å²) in [5, 5.41) is 8.71. The van der Waals surface area contributed by atoms with Crippen LogP contribution >= 0.6 is 0 Å². The third kappa shape index (κ3) is 3.56. The van der Waals surface area contributed by atoms with Crippen LogP contribution in [0.2, 0.25) is 0 Å². The van der Waals surface area contributed by atoms with Crippen LogP contribution in [0.15, 0.2) is 12.7 Å². The lowest BCUT2D eigenvalue weighted by Gasteiger charge is -2.31. The molecule has 0 aliphatic carbocycles. The molecule has 0 radical (unpaired) electrons. The van der Waals surface area contributed by atoms with Gasteiger partial charge >= 0.3 is 12.0 Å². The van der Waals surface area contributed by atoms with Crippen LogP contribution in [-0.4, -0.2) is 53.1 Å². The molecular weight excluding hydrogens is 208 g/mol. The third-order valence-corrected chi connectivity index (χ3v) is 2.57. The highest BCUT2D eigenvalue weighted by Crippen LogP contribution is 2.11. The Balaban J connectivity index is 2.57. The zero-order valence-corrected chi connectivity index (χ0v) is 9.39. The minimum atomic E-state index is -0.993. The zero-order valence-electron chi connectivity index (χ0n) is 9.39. The summed E-state index contributed by atoms with van der Waals surface area (Å²) in [6.07, 6.45) is 4.69. The lowest BCUT2D eigenvalue weighted by atomic mass is 10.1. The summed E-state index contributed by atoms with van der Waals surface area (Å²) in [7, 11) is 0. The molecule has 90 valence electrons. The van der Waals surface area contributed by atoms with Crippen LogP contribution < -0.4 is 0 Å². The van der Waals surface area contributed by atoms with Gasteiger partial charge in [0.2, 0.25) is 0 Å². The average Bonchev–Trinajstić information content (AvgIpc) is 2.28. The van der Waals surface area contributed by atoms with Gasteiger partial charge in [-0.15, -0.1) is 6.58 Å². The molecular formula is C11H18N2O3. The zero-order chi connectivity index (χ0) is 12.0. The fourth-order valence-electron chi connectivity index (χ4n) is 1.81. The van der Waals surface area contributed by atoms with Crippen molar-refractivity contribution >= 4 is 12.0 Å². The first kappa shape index (κ1) is 12.5. The number of amides is 2. The Morgan fingerprint density at radius 1 is 1.31 bits per heavy atom.